The maximum Gasteiger partial charge on any atom is 0.326 e. The minimum absolute atomic E-state index is 0.197. The molecule has 1 unspecified atom stereocenters. The molecule has 0 aliphatic heterocycles. The number of hydrogen-bond acceptors (Lipinski definition) is 4. The van der Waals surface area contributed by atoms with Gasteiger partial charge < -0.3 is 14.8 Å². The molecule has 2 aromatic rings. The summed E-state index contributed by atoms with van der Waals surface area (Å²) < 4.78 is 5.44. The number of benzene rings is 1. The standard InChI is InChI=1S/C12H12N2O3/c15-11(16)10(7-5-6-7)14-12-13-8-3-1-2-4-9(8)17-12/h1-4,7,10H,5-6H2,(H,13,14)(H,15,16). The van der Waals surface area contributed by atoms with Crippen LogP contribution in [0.4, 0.5) is 6.01 Å². The molecule has 1 saturated carbocycles. The fraction of sp³-hybridized carbons (Fsp3) is 0.333. The van der Waals surface area contributed by atoms with Crippen LogP contribution in [0.25, 0.3) is 11.1 Å². The molecule has 5 nitrogen and oxygen atoms in total. The van der Waals surface area contributed by atoms with Crippen LogP contribution in [-0.4, -0.2) is 22.1 Å². The zero-order chi connectivity index (χ0) is 11.8. The van der Waals surface area contributed by atoms with E-state index in [9.17, 15) is 4.79 Å². The number of aliphatic carboxylic acids is 1. The summed E-state index contributed by atoms with van der Waals surface area (Å²) in [6.07, 6.45) is 1.90. The molecule has 0 bridgehead atoms. The molecular weight excluding hydrogens is 220 g/mol. The number of carboxylic acids is 1. The SMILES string of the molecule is O=C(O)C(Nc1nc2ccccc2o1)C1CC1. The van der Waals surface area contributed by atoms with Gasteiger partial charge in [-0.3, -0.25) is 0 Å². The number of para-hydroxylation sites is 2. The average molecular weight is 232 g/mol. The largest absolute Gasteiger partial charge is 0.480 e. The fourth-order valence-electron chi connectivity index (χ4n) is 1.88. The second-order valence-corrected chi connectivity index (χ2v) is 4.28. The molecule has 1 aliphatic rings. The molecule has 1 heterocycles. The molecule has 2 N–H and O–H groups in total. The fourth-order valence-corrected chi connectivity index (χ4v) is 1.88. The van der Waals surface area contributed by atoms with Gasteiger partial charge in [-0.2, -0.15) is 4.98 Å². The van der Waals surface area contributed by atoms with Crippen molar-refractivity contribution in [3.05, 3.63) is 24.3 Å². The van der Waals surface area contributed by atoms with Crippen LogP contribution in [0.3, 0.4) is 0 Å². The van der Waals surface area contributed by atoms with Crippen LogP contribution in [-0.2, 0) is 4.79 Å². The molecule has 1 aromatic heterocycles. The van der Waals surface area contributed by atoms with E-state index < -0.39 is 12.0 Å². The van der Waals surface area contributed by atoms with Gasteiger partial charge in [0.1, 0.15) is 11.6 Å². The number of carbonyl (C=O) groups is 1. The van der Waals surface area contributed by atoms with E-state index in [1.807, 2.05) is 18.2 Å². The molecule has 17 heavy (non-hydrogen) atoms. The van der Waals surface area contributed by atoms with E-state index in [-0.39, 0.29) is 11.9 Å². The van der Waals surface area contributed by atoms with Crippen LogP contribution in [0, 0.1) is 5.92 Å². The van der Waals surface area contributed by atoms with Crippen molar-refractivity contribution in [1.82, 2.24) is 4.98 Å². The molecule has 88 valence electrons. The van der Waals surface area contributed by atoms with Crippen molar-refractivity contribution < 1.29 is 14.3 Å². The van der Waals surface area contributed by atoms with E-state index in [1.165, 1.54) is 0 Å². The Hall–Kier alpha value is -2.04. The predicted molar refractivity (Wildman–Crippen MR) is 61.8 cm³/mol. The van der Waals surface area contributed by atoms with E-state index >= 15 is 0 Å². The average Bonchev–Trinajstić information content (AvgIpc) is 3.05. The third-order valence-corrected chi connectivity index (χ3v) is 2.93. The van der Waals surface area contributed by atoms with Gasteiger partial charge in [0.05, 0.1) is 0 Å². The van der Waals surface area contributed by atoms with E-state index in [4.69, 9.17) is 9.52 Å². The van der Waals surface area contributed by atoms with E-state index in [0.29, 0.717) is 5.58 Å². The number of hydrogen-bond donors (Lipinski definition) is 2. The van der Waals surface area contributed by atoms with Crippen molar-refractivity contribution in [2.45, 2.75) is 18.9 Å². The van der Waals surface area contributed by atoms with Gasteiger partial charge in [0.2, 0.25) is 0 Å². The quantitative estimate of drug-likeness (QED) is 0.844. The van der Waals surface area contributed by atoms with E-state index in [2.05, 4.69) is 10.3 Å². The maximum atomic E-state index is 11.1. The first-order chi connectivity index (χ1) is 8.24. The van der Waals surface area contributed by atoms with Gasteiger partial charge in [-0.15, -0.1) is 0 Å². The van der Waals surface area contributed by atoms with Crippen molar-refractivity contribution >= 4 is 23.1 Å². The molecule has 1 atom stereocenters. The summed E-state index contributed by atoms with van der Waals surface area (Å²) in [7, 11) is 0. The number of fused-ring (bicyclic) bond motifs is 1. The summed E-state index contributed by atoms with van der Waals surface area (Å²) in [6.45, 7) is 0. The highest BCUT2D eigenvalue weighted by Crippen LogP contribution is 2.34. The first-order valence-corrected chi connectivity index (χ1v) is 5.59. The molecular formula is C12H12N2O3. The minimum atomic E-state index is -0.852. The van der Waals surface area contributed by atoms with E-state index in [1.54, 1.807) is 6.07 Å². The summed E-state index contributed by atoms with van der Waals surface area (Å²) in [6, 6.07) is 7.04. The molecule has 1 aromatic carbocycles. The maximum absolute atomic E-state index is 11.1. The Morgan fingerprint density at radius 2 is 2.24 bits per heavy atom. The second-order valence-electron chi connectivity index (χ2n) is 4.28. The number of nitrogens with one attached hydrogen (secondary N) is 1. The molecule has 0 amide bonds. The van der Waals surface area contributed by atoms with E-state index in [0.717, 1.165) is 18.4 Å². The zero-order valence-electron chi connectivity index (χ0n) is 9.09. The number of oxazole rings is 1. The molecule has 1 fully saturated rings. The van der Waals surface area contributed by atoms with Crippen molar-refractivity contribution in [3.63, 3.8) is 0 Å². The third kappa shape index (κ3) is 1.95. The van der Waals surface area contributed by atoms with Crippen LogP contribution < -0.4 is 5.32 Å². The van der Waals surface area contributed by atoms with Gasteiger partial charge >= 0.3 is 5.97 Å². The van der Waals surface area contributed by atoms with Crippen LogP contribution in [0.1, 0.15) is 12.8 Å². The molecule has 0 saturated heterocycles. The number of nitrogens with zero attached hydrogens (tertiary/aromatic N) is 1. The Bertz CT molecular complexity index is 527. The summed E-state index contributed by atoms with van der Waals surface area (Å²) >= 11 is 0. The Morgan fingerprint density at radius 3 is 2.88 bits per heavy atom. The van der Waals surface area contributed by atoms with Gasteiger partial charge in [0.15, 0.2) is 5.58 Å². The van der Waals surface area contributed by atoms with Crippen LogP contribution in [0.2, 0.25) is 0 Å². The van der Waals surface area contributed by atoms with Crippen LogP contribution >= 0.6 is 0 Å². The first kappa shape index (κ1) is 10.1. The van der Waals surface area contributed by atoms with Crippen molar-refractivity contribution in [2.24, 2.45) is 5.92 Å². The van der Waals surface area contributed by atoms with Gasteiger partial charge in [-0.1, -0.05) is 12.1 Å². The highest BCUT2D eigenvalue weighted by molar-refractivity contribution is 5.79. The Balaban J connectivity index is 1.85. The lowest BCUT2D eigenvalue weighted by Crippen LogP contribution is -2.31. The topological polar surface area (TPSA) is 75.4 Å². The Labute approximate surface area is 97.5 Å². The lowest BCUT2D eigenvalue weighted by atomic mass is 10.2. The Morgan fingerprint density at radius 1 is 1.47 bits per heavy atom. The minimum Gasteiger partial charge on any atom is -0.480 e. The Kier molecular flexibility index (Phi) is 2.24. The lowest BCUT2D eigenvalue weighted by Gasteiger charge is -2.10. The summed E-state index contributed by atoms with van der Waals surface area (Å²) in [5.74, 6) is -0.655. The van der Waals surface area contributed by atoms with Crippen LogP contribution in [0.5, 0.6) is 0 Å². The monoisotopic (exact) mass is 232 g/mol. The normalized spacial score (nSPS) is 16.9. The molecule has 0 spiro atoms. The number of rotatable bonds is 4. The van der Waals surface area contributed by atoms with Crippen molar-refractivity contribution in [2.75, 3.05) is 5.32 Å². The number of anilines is 1. The van der Waals surface area contributed by atoms with Gasteiger partial charge in [-0.25, -0.2) is 4.79 Å². The summed E-state index contributed by atoms with van der Waals surface area (Å²) in [5, 5.41) is 11.9. The summed E-state index contributed by atoms with van der Waals surface area (Å²) in [5.41, 5.74) is 1.39. The van der Waals surface area contributed by atoms with Crippen molar-refractivity contribution in [1.29, 1.82) is 0 Å². The number of aromatic nitrogens is 1. The highest BCUT2D eigenvalue weighted by atomic mass is 16.4. The smallest absolute Gasteiger partial charge is 0.326 e. The predicted octanol–water partition coefficient (Wildman–Crippen LogP) is 2.10. The summed E-state index contributed by atoms with van der Waals surface area (Å²) in [4.78, 5) is 15.3. The first-order valence-electron chi connectivity index (χ1n) is 5.59. The molecule has 3 rings (SSSR count). The van der Waals surface area contributed by atoms with Crippen LogP contribution in [0.15, 0.2) is 28.7 Å². The molecule has 1 aliphatic carbocycles. The van der Waals surface area contributed by atoms with Gasteiger partial charge in [-0.05, 0) is 30.9 Å². The number of carboxylic acid groups (broad SMARTS) is 1. The van der Waals surface area contributed by atoms with Crippen molar-refractivity contribution in [3.8, 4) is 0 Å². The van der Waals surface area contributed by atoms with Gasteiger partial charge in [0, 0.05) is 0 Å². The second kappa shape index (κ2) is 3.76. The van der Waals surface area contributed by atoms with Gasteiger partial charge in [0.25, 0.3) is 6.01 Å². The third-order valence-electron chi connectivity index (χ3n) is 2.93. The zero-order valence-corrected chi connectivity index (χ0v) is 9.09. The molecule has 0 radical (unpaired) electrons. The lowest BCUT2D eigenvalue weighted by molar-refractivity contribution is -0.138. The highest BCUT2D eigenvalue weighted by Gasteiger charge is 2.37. The molecule has 5 heteroatoms.